The van der Waals surface area contributed by atoms with Gasteiger partial charge in [0, 0.05) is 6.54 Å². The third-order valence-electron chi connectivity index (χ3n) is 3.03. The van der Waals surface area contributed by atoms with Crippen LogP contribution in [0.5, 0.6) is 0 Å². The smallest absolute Gasteiger partial charge is 0.306 e. The predicted molar refractivity (Wildman–Crippen MR) is 82.1 cm³/mol. The average molecular weight is 316 g/mol. The molecule has 0 spiro atoms. The minimum Gasteiger partial charge on any atom is -0.481 e. The molecule has 0 aliphatic rings. The molecule has 0 heterocycles. The molecule has 7 nitrogen and oxygen atoms in total. The Morgan fingerprint density at radius 1 is 1.00 bits per heavy atom. The number of hydrogen-bond donors (Lipinski definition) is 4. The van der Waals surface area contributed by atoms with Crippen molar-refractivity contribution in [3.05, 3.63) is 0 Å². The second kappa shape index (κ2) is 10.2. The molecule has 0 aliphatic heterocycles. The lowest BCUT2D eigenvalue weighted by molar-refractivity contribution is -0.144. The van der Waals surface area contributed by atoms with E-state index in [0.717, 1.165) is 6.42 Å². The largest absolute Gasteiger partial charge is 0.481 e. The molecule has 0 aromatic carbocycles. The normalized spacial score (nSPS) is 13.8. The maximum absolute atomic E-state index is 12.1. The average Bonchev–Trinajstić information content (AvgIpc) is 2.35. The zero-order chi connectivity index (χ0) is 17.3. The number of carboxylic acid groups (broad SMARTS) is 1. The maximum atomic E-state index is 12.1. The summed E-state index contributed by atoms with van der Waals surface area (Å²) in [6.07, 6.45) is -1.10. The predicted octanol–water partition coefficient (Wildman–Crippen LogP) is 0.515. The van der Waals surface area contributed by atoms with Crippen LogP contribution in [0.2, 0.25) is 0 Å². The first-order valence-corrected chi connectivity index (χ1v) is 7.61. The molecule has 0 aromatic rings. The minimum absolute atomic E-state index is 0.165. The number of carbonyl (C=O) groups is 3. The lowest BCUT2D eigenvalue weighted by Gasteiger charge is -2.21. The molecule has 2 atom stereocenters. The third-order valence-corrected chi connectivity index (χ3v) is 3.03. The maximum Gasteiger partial charge on any atom is 0.306 e. The number of aliphatic carboxylic acids is 1. The molecule has 0 fully saturated rings. The van der Waals surface area contributed by atoms with Crippen LogP contribution in [0.3, 0.4) is 0 Å². The first kappa shape index (κ1) is 20.4. The standard InChI is InChI=1S/C15H28N2O5/c1-9(2)5-6-16-14(21)11(7-10(3)4)17-15(22)12(18)8-13(19)20/h9-12,18H,5-8H2,1-4H3,(H,16,21)(H,17,22)(H,19,20). The number of carboxylic acids is 1. The van der Waals surface area contributed by atoms with Crippen LogP contribution < -0.4 is 10.6 Å². The Kier molecular flexibility index (Phi) is 9.40. The van der Waals surface area contributed by atoms with Gasteiger partial charge < -0.3 is 20.8 Å². The summed E-state index contributed by atoms with van der Waals surface area (Å²) in [6, 6.07) is -0.775. The molecule has 0 aliphatic carbocycles. The SMILES string of the molecule is CC(C)CCNC(=O)C(CC(C)C)NC(=O)C(O)CC(=O)O. The van der Waals surface area contributed by atoms with Gasteiger partial charge in [0.1, 0.15) is 12.1 Å². The lowest BCUT2D eigenvalue weighted by atomic mass is 10.0. The summed E-state index contributed by atoms with van der Waals surface area (Å²) in [5.41, 5.74) is 0. The van der Waals surface area contributed by atoms with Crippen LogP contribution in [-0.4, -0.2) is 46.7 Å². The number of amides is 2. The summed E-state index contributed by atoms with van der Waals surface area (Å²) in [6.45, 7) is 8.42. The van der Waals surface area contributed by atoms with Gasteiger partial charge in [0.25, 0.3) is 0 Å². The van der Waals surface area contributed by atoms with Crippen molar-refractivity contribution < 1.29 is 24.6 Å². The van der Waals surface area contributed by atoms with Gasteiger partial charge in [0.2, 0.25) is 11.8 Å². The monoisotopic (exact) mass is 316 g/mol. The summed E-state index contributed by atoms with van der Waals surface area (Å²) in [4.78, 5) is 34.4. The Hall–Kier alpha value is -1.63. The van der Waals surface area contributed by atoms with E-state index in [2.05, 4.69) is 10.6 Å². The summed E-state index contributed by atoms with van der Waals surface area (Å²) in [7, 11) is 0. The van der Waals surface area contributed by atoms with E-state index in [1.807, 2.05) is 27.7 Å². The first-order valence-electron chi connectivity index (χ1n) is 7.61. The quantitative estimate of drug-likeness (QED) is 0.469. The molecule has 0 radical (unpaired) electrons. The fourth-order valence-corrected chi connectivity index (χ4v) is 1.84. The highest BCUT2D eigenvalue weighted by atomic mass is 16.4. The van der Waals surface area contributed by atoms with Gasteiger partial charge in [-0.3, -0.25) is 14.4 Å². The Morgan fingerprint density at radius 3 is 2.05 bits per heavy atom. The number of carbonyl (C=O) groups excluding carboxylic acids is 2. The van der Waals surface area contributed by atoms with E-state index in [1.165, 1.54) is 0 Å². The molecule has 7 heteroatoms. The van der Waals surface area contributed by atoms with Crippen LogP contribution in [0.4, 0.5) is 0 Å². The molecule has 22 heavy (non-hydrogen) atoms. The summed E-state index contributed by atoms with van der Waals surface area (Å²) in [5, 5.41) is 23.2. The third kappa shape index (κ3) is 9.33. The number of rotatable bonds is 10. The first-order chi connectivity index (χ1) is 10.1. The van der Waals surface area contributed by atoms with Gasteiger partial charge in [-0.15, -0.1) is 0 Å². The van der Waals surface area contributed by atoms with Gasteiger partial charge in [-0.2, -0.15) is 0 Å². The van der Waals surface area contributed by atoms with Gasteiger partial charge >= 0.3 is 5.97 Å². The van der Waals surface area contributed by atoms with E-state index in [9.17, 15) is 19.5 Å². The Bertz CT molecular complexity index is 382. The Labute approximate surface area is 131 Å². The molecule has 0 rings (SSSR count). The molecule has 2 amide bonds. The second-order valence-corrected chi connectivity index (χ2v) is 6.28. The lowest BCUT2D eigenvalue weighted by Crippen LogP contribution is -2.50. The van der Waals surface area contributed by atoms with Gasteiger partial charge in [0.05, 0.1) is 6.42 Å². The van der Waals surface area contributed by atoms with Crippen molar-refractivity contribution in [3.8, 4) is 0 Å². The fraction of sp³-hybridized carbons (Fsp3) is 0.800. The van der Waals surface area contributed by atoms with Crippen LogP contribution in [-0.2, 0) is 14.4 Å². The van der Waals surface area contributed by atoms with Crippen LogP contribution >= 0.6 is 0 Å². The van der Waals surface area contributed by atoms with Crippen molar-refractivity contribution in [1.29, 1.82) is 0 Å². The highest BCUT2D eigenvalue weighted by Gasteiger charge is 2.26. The van der Waals surface area contributed by atoms with Crippen molar-refractivity contribution in [2.75, 3.05) is 6.54 Å². The molecule has 2 unspecified atom stereocenters. The number of aliphatic hydroxyl groups is 1. The van der Waals surface area contributed by atoms with Gasteiger partial charge in [-0.25, -0.2) is 0 Å². The summed E-state index contributed by atoms with van der Waals surface area (Å²) < 4.78 is 0. The Balaban J connectivity index is 4.58. The molecule has 0 saturated heterocycles. The van der Waals surface area contributed by atoms with Crippen LogP contribution in [0, 0.1) is 11.8 Å². The van der Waals surface area contributed by atoms with Crippen LogP contribution in [0.25, 0.3) is 0 Å². The highest BCUT2D eigenvalue weighted by Crippen LogP contribution is 2.06. The van der Waals surface area contributed by atoms with E-state index in [-0.39, 0.29) is 11.8 Å². The number of nitrogens with one attached hydrogen (secondary N) is 2. The molecule has 0 bridgehead atoms. The van der Waals surface area contributed by atoms with Gasteiger partial charge in [-0.1, -0.05) is 27.7 Å². The molecule has 0 saturated carbocycles. The number of aliphatic hydroxyl groups excluding tert-OH is 1. The summed E-state index contributed by atoms with van der Waals surface area (Å²) >= 11 is 0. The second-order valence-electron chi connectivity index (χ2n) is 6.28. The van der Waals surface area contributed by atoms with Crippen LogP contribution in [0.15, 0.2) is 0 Å². The molecule has 4 N–H and O–H groups in total. The van der Waals surface area contributed by atoms with E-state index >= 15 is 0 Å². The molecule has 128 valence electrons. The topological polar surface area (TPSA) is 116 Å². The highest BCUT2D eigenvalue weighted by molar-refractivity contribution is 5.90. The minimum atomic E-state index is -1.66. The van der Waals surface area contributed by atoms with Crippen molar-refractivity contribution in [2.24, 2.45) is 11.8 Å². The Morgan fingerprint density at radius 2 is 1.59 bits per heavy atom. The van der Waals surface area contributed by atoms with E-state index in [1.54, 1.807) is 0 Å². The fourth-order valence-electron chi connectivity index (χ4n) is 1.84. The van der Waals surface area contributed by atoms with Gasteiger partial charge in [-0.05, 0) is 24.7 Å². The van der Waals surface area contributed by atoms with E-state index in [4.69, 9.17) is 5.11 Å². The molecule has 0 aromatic heterocycles. The van der Waals surface area contributed by atoms with Crippen molar-refractivity contribution >= 4 is 17.8 Å². The molecular weight excluding hydrogens is 288 g/mol. The number of hydrogen-bond acceptors (Lipinski definition) is 4. The summed E-state index contributed by atoms with van der Waals surface area (Å²) in [5.74, 6) is -1.81. The van der Waals surface area contributed by atoms with Crippen molar-refractivity contribution in [1.82, 2.24) is 10.6 Å². The van der Waals surface area contributed by atoms with E-state index < -0.39 is 30.4 Å². The van der Waals surface area contributed by atoms with Crippen molar-refractivity contribution in [3.63, 3.8) is 0 Å². The van der Waals surface area contributed by atoms with Crippen molar-refractivity contribution in [2.45, 2.75) is 59.1 Å². The van der Waals surface area contributed by atoms with Gasteiger partial charge in [0.15, 0.2) is 0 Å². The zero-order valence-electron chi connectivity index (χ0n) is 13.8. The van der Waals surface area contributed by atoms with Crippen LogP contribution in [0.1, 0.15) is 47.0 Å². The van der Waals surface area contributed by atoms with E-state index in [0.29, 0.717) is 18.9 Å². The molecular formula is C15H28N2O5. The zero-order valence-corrected chi connectivity index (χ0v) is 13.8.